The van der Waals surface area contributed by atoms with Crippen LogP contribution >= 0.6 is 11.3 Å². The second-order valence-corrected chi connectivity index (χ2v) is 20.3. The van der Waals surface area contributed by atoms with Crippen molar-refractivity contribution in [3.8, 4) is 12.3 Å². The predicted octanol–water partition coefficient (Wildman–Crippen LogP) is 2.44. The number of anilines is 1. The van der Waals surface area contributed by atoms with Crippen LogP contribution in [0.15, 0.2) is 29.6 Å². The van der Waals surface area contributed by atoms with Gasteiger partial charge < -0.3 is 47.5 Å². The van der Waals surface area contributed by atoms with E-state index in [9.17, 15) is 48.3 Å². The van der Waals surface area contributed by atoms with Crippen LogP contribution in [-0.4, -0.2) is 144 Å². The van der Waals surface area contributed by atoms with E-state index in [-0.39, 0.29) is 73.4 Å². The number of nitrogens with two attached hydrogens (primary N) is 1. The molecule has 74 heavy (non-hydrogen) atoms. The maximum absolute atomic E-state index is 14.8. The monoisotopic (exact) mass is 1050 g/mol. The summed E-state index contributed by atoms with van der Waals surface area (Å²) in [6, 6.07) is 3.81. The second-order valence-electron chi connectivity index (χ2n) is 19.4. The molecule has 1 aromatic carbocycles. The quantitative estimate of drug-likeness (QED) is 0.0241. The van der Waals surface area contributed by atoms with Crippen LogP contribution in [0.4, 0.5) is 5.69 Å². The average molecular weight is 1050 g/mol. The number of likely N-dealkylation sites (N-methyl/N-ethyl adjacent to an activating group) is 1. The minimum absolute atomic E-state index is 0.0125. The van der Waals surface area contributed by atoms with Crippen molar-refractivity contribution >= 4 is 70.3 Å². The number of rotatable bonds is 30. The zero-order valence-electron chi connectivity index (χ0n) is 43.9. The zero-order chi connectivity index (χ0) is 55.1. The van der Waals surface area contributed by atoms with Crippen LogP contribution in [-0.2, 0) is 54.4 Å². The van der Waals surface area contributed by atoms with E-state index in [2.05, 4.69) is 42.8 Å². The molecule has 2 aromatic rings. The Morgan fingerprint density at radius 2 is 1.59 bits per heavy atom. The first-order chi connectivity index (χ1) is 35.0. The molecular formula is C51H76N10O12S. The van der Waals surface area contributed by atoms with Crippen LogP contribution in [0, 0.1) is 29.6 Å². The van der Waals surface area contributed by atoms with E-state index in [1.54, 1.807) is 38.1 Å². The van der Waals surface area contributed by atoms with Gasteiger partial charge in [-0.05, 0) is 89.1 Å². The van der Waals surface area contributed by atoms with Crippen molar-refractivity contribution < 1.29 is 57.8 Å². The minimum atomic E-state index is -1.27. The molecule has 0 spiro atoms. The van der Waals surface area contributed by atoms with Gasteiger partial charge in [-0.1, -0.05) is 52.7 Å². The third-order valence-electron chi connectivity index (χ3n) is 12.5. The number of amides is 7. The van der Waals surface area contributed by atoms with Crippen molar-refractivity contribution in [1.29, 1.82) is 0 Å². The van der Waals surface area contributed by atoms with Gasteiger partial charge in [0.05, 0.1) is 50.3 Å². The minimum Gasteiger partial charge on any atom is -0.481 e. The molecule has 3 rings (SSSR count). The van der Waals surface area contributed by atoms with E-state index >= 15 is 0 Å². The molecule has 22 nitrogen and oxygen atoms in total. The van der Waals surface area contributed by atoms with Crippen LogP contribution in [0.25, 0.3) is 0 Å². The molecule has 0 saturated carbocycles. The number of piperidine rings is 1. The van der Waals surface area contributed by atoms with E-state index < -0.39 is 90.1 Å². The topological polar surface area (TPSA) is 310 Å². The number of carboxylic acid groups (broad SMARTS) is 1. The highest BCUT2D eigenvalue weighted by Gasteiger charge is 2.40. The number of aliphatic carboxylic acids is 1. The van der Waals surface area contributed by atoms with E-state index in [1.165, 1.54) is 17.4 Å². The number of esters is 1. The van der Waals surface area contributed by atoms with Crippen LogP contribution in [0.3, 0.4) is 0 Å². The van der Waals surface area contributed by atoms with Gasteiger partial charge in [0.25, 0.3) is 11.8 Å². The average Bonchev–Trinajstić information content (AvgIpc) is 3.86. The van der Waals surface area contributed by atoms with Gasteiger partial charge >= 0.3 is 11.9 Å². The fourth-order valence-corrected chi connectivity index (χ4v) is 8.86. The first-order valence-corrected chi connectivity index (χ1v) is 25.8. The zero-order valence-corrected chi connectivity index (χ0v) is 44.7. The first kappa shape index (κ1) is 61.8. The normalized spacial score (nSPS) is 15.7. The Balaban J connectivity index is 1.81. The summed E-state index contributed by atoms with van der Waals surface area (Å²) in [5.74, 6) is -3.37. The summed E-state index contributed by atoms with van der Waals surface area (Å²) in [6.07, 6.45) is 8.65. The number of carbonyl (C=O) groups is 9. The molecule has 1 saturated heterocycles. The number of nitrogens with zero attached hydrogens (tertiary/aromatic N) is 3. The number of terminal acetylenes is 1. The van der Waals surface area contributed by atoms with Gasteiger partial charge in [-0.15, -0.1) is 23.7 Å². The lowest BCUT2D eigenvalue weighted by molar-refractivity contribution is -0.213. The summed E-state index contributed by atoms with van der Waals surface area (Å²) in [5.41, 5.74) is 4.95. The predicted molar refractivity (Wildman–Crippen MR) is 277 cm³/mol. The Morgan fingerprint density at radius 1 is 0.959 bits per heavy atom. The number of likely N-dealkylation sites (tertiary alicyclic amines) is 1. The Hall–Kier alpha value is -6.48. The fourth-order valence-electron chi connectivity index (χ4n) is 8.02. The number of aromatic nitrogens is 1. The summed E-state index contributed by atoms with van der Waals surface area (Å²) in [5, 5.41) is 28.7. The van der Waals surface area contributed by atoms with Crippen molar-refractivity contribution in [2.45, 2.75) is 137 Å². The van der Waals surface area contributed by atoms with Crippen LogP contribution in [0.1, 0.15) is 127 Å². The standard InChI is InChI=1S/C51H76N10O12S/c1-10-12-15-22-72-61(49(69)45(32(5)11-2)59-47(68)38-16-13-14-21-60(38)9)39(31(3)4)24-40(73-33(6)62)48-58-37(30-74-48)46(67)57-36(25-51(7,8)50(70)71)23-34-17-19-35(20-18-34)56-44(66)29-55-43(65)28-54-42(64)27-53-41(63)26-52/h1,17-20,30-32,36,38-40,45H,11-16,21-29,52H2,2-9H3,(H,53,63)(H,54,64)(H,55,65)(H,56,66)(H,57,67)(H,59,68)(H,70,71)/t32-,36-,38+,39+,40+,45-/m0/s1. The van der Waals surface area contributed by atoms with E-state index in [4.69, 9.17) is 21.7 Å². The summed E-state index contributed by atoms with van der Waals surface area (Å²) < 4.78 is 5.86. The summed E-state index contributed by atoms with van der Waals surface area (Å²) in [4.78, 5) is 128. The van der Waals surface area contributed by atoms with Gasteiger partial charge in [0.1, 0.15) is 16.7 Å². The molecule has 408 valence electrons. The molecule has 0 radical (unpaired) electrons. The third-order valence-corrected chi connectivity index (χ3v) is 13.5. The molecule has 6 atom stereocenters. The molecule has 9 N–H and O–H groups in total. The van der Waals surface area contributed by atoms with Crippen molar-refractivity contribution in [3.05, 3.63) is 45.9 Å². The lowest BCUT2D eigenvalue weighted by Gasteiger charge is -2.39. The van der Waals surface area contributed by atoms with Gasteiger partial charge in [0, 0.05) is 36.9 Å². The number of hydrogen-bond acceptors (Lipinski definition) is 15. The maximum Gasteiger partial charge on any atom is 0.309 e. The highest BCUT2D eigenvalue weighted by molar-refractivity contribution is 7.09. The number of unbranched alkanes of at least 4 members (excludes halogenated alkanes) is 1. The highest BCUT2D eigenvalue weighted by atomic mass is 32.1. The van der Waals surface area contributed by atoms with Gasteiger partial charge in [-0.3, -0.25) is 52.9 Å². The summed E-state index contributed by atoms with van der Waals surface area (Å²) in [6.45, 7) is 11.3. The molecule has 1 aromatic heterocycles. The molecule has 2 heterocycles. The SMILES string of the molecule is C#CCCCON(C(=O)[C@@H](NC(=O)[C@H]1CCCCN1C)[C@@H](C)CC)[C@H](C[C@@H](OC(C)=O)c1nc(C(=O)N[C@@H](Cc2ccc(NC(=O)CNC(=O)CNC(=O)CNC(=O)CN)cc2)CC(C)(C)C(=O)O)cs1)C(C)C. The van der Waals surface area contributed by atoms with E-state index in [0.29, 0.717) is 36.9 Å². The molecular weight excluding hydrogens is 977 g/mol. The van der Waals surface area contributed by atoms with E-state index in [0.717, 1.165) is 30.7 Å². The van der Waals surface area contributed by atoms with Crippen molar-refractivity contribution in [1.82, 2.24) is 41.5 Å². The first-order valence-electron chi connectivity index (χ1n) is 25.0. The number of hydrogen-bond donors (Lipinski definition) is 8. The number of carbonyl (C=O) groups excluding carboxylic acids is 8. The van der Waals surface area contributed by atoms with Gasteiger partial charge in [-0.2, -0.15) is 0 Å². The number of benzene rings is 1. The largest absolute Gasteiger partial charge is 0.481 e. The number of ether oxygens (including phenoxy) is 1. The smallest absolute Gasteiger partial charge is 0.309 e. The van der Waals surface area contributed by atoms with Crippen molar-refractivity contribution in [3.63, 3.8) is 0 Å². The van der Waals surface area contributed by atoms with Gasteiger partial charge in [0.2, 0.25) is 29.5 Å². The second kappa shape index (κ2) is 30.7. The molecule has 0 unspecified atom stereocenters. The molecule has 7 amide bonds. The van der Waals surface area contributed by atoms with Gasteiger partial charge in [0.15, 0.2) is 6.10 Å². The molecule has 0 aliphatic carbocycles. The number of carboxylic acids is 1. The number of thiazole rings is 1. The molecule has 1 aliphatic heterocycles. The molecule has 0 bridgehead atoms. The molecule has 1 aliphatic rings. The Labute approximate surface area is 437 Å². The van der Waals surface area contributed by atoms with Crippen LogP contribution < -0.4 is 37.6 Å². The van der Waals surface area contributed by atoms with E-state index in [1.807, 2.05) is 39.6 Å². The van der Waals surface area contributed by atoms with Crippen molar-refractivity contribution in [2.75, 3.05) is 51.7 Å². The number of nitrogens with one attached hydrogen (secondary N) is 6. The third kappa shape index (κ3) is 20.4. The molecule has 1 fully saturated rings. The summed E-state index contributed by atoms with van der Waals surface area (Å²) >= 11 is 1.07. The summed E-state index contributed by atoms with van der Waals surface area (Å²) in [7, 11) is 1.90. The lowest BCUT2D eigenvalue weighted by Crippen LogP contribution is -2.58. The van der Waals surface area contributed by atoms with Gasteiger partial charge in [-0.25, -0.2) is 10.0 Å². The fraction of sp³-hybridized carbons (Fsp3) is 0.608. The molecule has 23 heteroatoms. The Kier molecular flexibility index (Phi) is 25.6. The maximum atomic E-state index is 14.8. The highest BCUT2D eigenvalue weighted by Crippen LogP contribution is 2.32. The van der Waals surface area contributed by atoms with Crippen molar-refractivity contribution in [2.24, 2.45) is 23.0 Å². The van der Waals surface area contributed by atoms with Crippen LogP contribution in [0.2, 0.25) is 0 Å². The number of hydroxylamine groups is 2. The lowest BCUT2D eigenvalue weighted by atomic mass is 9.84. The van der Waals surface area contributed by atoms with Crippen LogP contribution in [0.5, 0.6) is 0 Å². The Bertz CT molecular complexity index is 2280. The Morgan fingerprint density at radius 3 is 2.16 bits per heavy atom.